The summed E-state index contributed by atoms with van der Waals surface area (Å²) < 4.78 is 5.47. The molecule has 0 heterocycles. The van der Waals surface area contributed by atoms with Crippen molar-refractivity contribution in [2.45, 2.75) is 91.5 Å². The third kappa shape index (κ3) is 9.43. The molecular weight excluding hydrogens is 506 g/mol. The number of hydrogen-bond donors (Lipinski definition) is 3. The molecule has 2 aromatic carbocycles. The maximum Gasteiger partial charge on any atom is 0.408 e. The second kappa shape index (κ2) is 14.5. The van der Waals surface area contributed by atoms with Crippen LogP contribution in [0, 0.1) is 13.8 Å². The number of aromatic hydroxyl groups is 1. The van der Waals surface area contributed by atoms with Crippen molar-refractivity contribution in [3.63, 3.8) is 0 Å². The number of carbonyl (C=O) groups excluding carboxylic acids is 3. The van der Waals surface area contributed by atoms with Crippen LogP contribution < -0.4 is 10.6 Å². The summed E-state index contributed by atoms with van der Waals surface area (Å²) >= 11 is 0. The number of amides is 3. The summed E-state index contributed by atoms with van der Waals surface area (Å²) in [6.45, 7) is 17.0. The van der Waals surface area contributed by atoms with Crippen LogP contribution in [0.4, 0.5) is 4.79 Å². The minimum Gasteiger partial charge on any atom is -0.508 e. The Morgan fingerprint density at radius 1 is 1.05 bits per heavy atom. The van der Waals surface area contributed by atoms with Gasteiger partial charge in [-0.15, -0.1) is 6.58 Å². The summed E-state index contributed by atoms with van der Waals surface area (Å²) in [5.74, 6) is -0.660. The van der Waals surface area contributed by atoms with Crippen molar-refractivity contribution in [2.75, 3.05) is 6.54 Å². The summed E-state index contributed by atoms with van der Waals surface area (Å²) in [6, 6.07) is 10.1. The first-order valence-corrected chi connectivity index (χ1v) is 13.8. The predicted molar refractivity (Wildman–Crippen MR) is 158 cm³/mol. The van der Waals surface area contributed by atoms with Gasteiger partial charge in [0.1, 0.15) is 23.4 Å². The first-order chi connectivity index (χ1) is 18.8. The molecule has 218 valence electrons. The van der Waals surface area contributed by atoms with Gasteiger partial charge in [0.15, 0.2) is 0 Å². The Bertz CT molecular complexity index is 1150. The predicted octanol–water partition coefficient (Wildman–Crippen LogP) is 5.51. The van der Waals surface area contributed by atoms with E-state index in [1.54, 1.807) is 39.0 Å². The Morgan fingerprint density at radius 2 is 1.65 bits per heavy atom. The van der Waals surface area contributed by atoms with Crippen LogP contribution in [0.15, 0.2) is 55.1 Å². The van der Waals surface area contributed by atoms with Crippen LogP contribution >= 0.6 is 0 Å². The smallest absolute Gasteiger partial charge is 0.408 e. The molecule has 0 saturated carbocycles. The lowest BCUT2D eigenvalue weighted by Crippen LogP contribution is -2.54. The zero-order valence-corrected chi connectivity index (χ0v) is 24.9. The molecule has 0 aliphatic carbocycles. The Balaban J connectivity index is 2.60. The lowest BCUT2D eigenvalue weighted by Gasteiger charge is -2.35. The van der Waals surface area contributed by atoms with Crippen LogP contribution in [0.2, 0.25) is 0 Å². The van der Waals surface area contributed by atoms with Gasteiger partial charge in [-0.1, -0.05) is 49.8 Å². The summed E-state index contributed by atoms with van der Waals surface area (Å²) in [6.07, 6.45) is 2.66. The minimum atomic E-state index is -1.05. The topological polar surface area (TPSA) is 108 Å². The molecule has 0 radical (unpaired) electrons. The second-order valence-electron chi connectivity index (χ2n) is 11.3. The van der Waals surface area contributed by atoms with Gasteiger partial charge >= 0.3 is 6.09 Å². The number of ether oxygens (including phenoxy) is 1. The molecule has 8 nitrogen and oxygen atoms in total. The second-order valence-corrected chi connectivity index (χ2v) is 11.3. The molecule has 0 fully saturated rings. The highest BCUT2D eigenvalue weighted by atomic mass is 16.6. The number of phenolic OH excluding ortho intramolecular Hbond substituents is 1. The molecule has 3 N–H and O–H groups in total. The molecule has 3 atom stereocenters. The van der Waals surface area contributed by atoms with E-state index in [1.165, 1.54) is 17.0 Å². The van der Waals surface area contributed by atoms with E-state index in [4.69, 9.17) is 4.74 Å². The summed E-state index contributed by atoms with van der Waals surface area (Å²) in [7, 11) is 0. The van der Waals surface area contributed by atoms with Gasteiger partial charge in [0.25, 0.3) is 0 Å². The standard InChI is InChI=1S/C32H45N3O5/c1-9-12-23(5)33-29(37)28(27-21(3)13-11-14-22(27)4)35(19-10-2)30(38)26(34-31(39)40-32(6,7)8)20-24-15-17-25(36)18-16-24/h10-11,13-18,23,26,28,36H,2,9,12,19-20H2,1,3-8H3,(H,33,37)(H,34,39). The van der Waals surface area contributed by atoms with Crippen LogP contribution in [0.5, 0.6) is 5.75 Å². The lowest BCUT2D eigenvalue weighted by molar-refractivity contribution is -0.142. The van der Waals surface area contributed by atoms with E-state index in [2.05, 4.69) is 24.1 Å². The molecular formula is C32H45N3O5. The molecule has 3 unspecified atom stereocenters. The van der Waals surface area contributed by atoms with Crippen LogP contribution in [0.3, 0.4) is 0 Å². The molecule has 2 aromatic rings. The van der Waals surface area contributed by atoms with Gasteiger partial charge in [0.05, 0.1) is 0 Å². The minimum absolute atomic E-state index is 0.0783. The Kier molecular flexibility index (Phi) is 11.8. The zero-order valence-electron chi connectivity index (χ0n) is 24.9. The molecule has 3 amide bonds. The molecule has 8 heteroatoms. The Hall–Kier alpha value is -3.81. The van der Waals surface area contributed by atoms with E-state index in [0.29, 0.717) is 0 Å². The number of hydrogen-bond acceptors (Lipinski definition) is 5. The number of nitrogens with zero attached hydrogens (tertiary/aromatic N) is 1. The molecule has 0 spiro atoms. The van der Waals surface area contributed by atoms with Gasteiger partial charge < -0.3 is 25.4 Å². The fourth-order valence-electron chi connectivity index (χ4n) is 4.69. The average Bonchev–Trinajstić information content (AvgIpc) is 2.84. The fraction of sp³-hybridized carbons (Fsp3) is 0.469. The number of rotatable bonds is 12. The van der Waals surface area contributed by atoms with E-state index >= 15 is 0 Å². The first kappa shape index (κ1) is 32.4. The Labute approximate surface area is 238 Å². The van der Waals surface area contributed by atoms with Crippen molar-refractivity contribution < 1.29 is 24.2 Å². The third-order valence-electron chi connectivity index (χ3n) is 6.46. The molecule has 0 bridgehead atoms. The molecule has 0 aliphatic heterocycles. The van der Waals surface area contributed by atoms with E-state index in [0.717, 1.165) is 35.1 Å². The number of nitrogens with one attached hydrogen (secondary N) is 2. The maximum absolute atomic E-state index is 14.3. The monoisotopic (exact) mass is 551 g/mol. The highest BCUT2D eigenvalue weighted by molar-refractivity contribution is 5.93. The highest BCUT2D eigenvalue weighted by Gasteiger charge is 2.37. The number of carbonyl (C=O) groups is 3. The fourth-order valence-corrected chi connectivity index (χ4v) is 4.69. The van der Waals surface area contributed by atoms with Crippen molar-refractivity contribution in [1.82, 2.24) is 15.5 Å². The van der Waals surface area contributed by atoms with Crippen molar-refractivity contribution in [3.8, 4) is 5.75 Å². The largest absolute Gasteiger partial charge is 0.508 e. The van der Waals surface area contributed by atoms with Crippen LogP contribution in [0.1, 0.15) is 75.8 Å². The van der Waals surface area contributed by atoms with Crippen molar-refractivity contribution in [2.24, 2.45) is 0 Å². The number of aryl methyl sites for hydroxylation is 2. The van der Waals surface area contributed by atoms with E-state index in [1.807, 2.05) is 39.0 Å². The van der Waals surface area contributed by atoms with Gasteiger partial charge in [-0.05, 0) is 82.3 Å². The molecule has 40 heavy (non-hydrogen) atoms. The van der Waals surface area contributed by atoms with Crippen molar-refractivity contribution in [3.05, 3.63) is 77.4 Å². The zero-order chi connectivity index (χ0) is 30.0. The first-order valence-electron chi connectivity index (χ1n) is 13.8. The molecule has 0 aromatic heterocycles. The lowest BCUT2D eigenvalue weighted by atomic mass is 9.93. The van der Waals surface area contributed by atoms with E-state index < -0.39 is 29.7 Å². The van der Waals surface area contributed by atoms with Gasteiger partial charge in [-0.2, -0.15) is 0 Å². The van der Waals surface area contributed by atoms with Crippen LogP contribution in [-0.2, 0) is 20.7 Å². The van der Waals surface area contributed by atoms with Gasteiger partial charge in [0.2, 0.25) is 11.8 Å². The van der Waals surface area contributed by atoms with Crippen molar-refractivity contribution >= 4 is 17.9 Å². The van der Waals surface area contributed by atoms with Gasteiger partial charge in [0, 0.05) is 19.0 Å². The van der Waals surface area contributed by atoms with E-state index in [-0.39, 0.29) is 30.7 Å². The van der Waals surface area contributed by atoms with Gasteiger partial charge in [-0.25, -0.2) is 4.79 Å². The third-order valence-corrected chi connectivity index (χ3v) is 6.46. The summed E-state index contributed by atoms with van der Waals surface area (Å²) in [5.41, 5.74) is 2.43. The van der Waals surface area contributed by atoms with Crippen LogP contribution in [0.25, 0.3) is 0 Å². The van der Waals surface area contributed by atoms with Gasteiger partial charge in [-0.3, -0.25) is 9.59 Å². The van der Waals surface area contributed by atoms with E-state index in [9.17, 15) is 19.5 Å². The Morgan fingerprint density at radius 3 is 2.17 bits per heavy atom. The number of phenols is 1. The molecule has 0 saturated heterocycles. The highest BCUT2D eigenvalue weighted by Crippen LogP contribution is 2.29. The molecule has 2 rings (SSSR count). The normalized spacial score (nSPS) is 13.5. The summed E-state index contributed by atoms with van der Waals surface area (Å²) in [5, 5.41) is 15.6. The SMILES string of the molecule is C=CCN(C(=O)C(Cc1ccc(O)cc1)NC(=O)OC(C)(C)C)C(C(=O)NC(C)CCC)c1c(C)cccc1C. The summed E-state index contributed by atoms with van der Waals surface area (Å²) in [4.78, 5) is 42.6. The van der Waals surface area contributed by atoms with Crippen molar-refractivity contribution in [1.29, 1.82) is 0 Å². The number of alkyl carbamates (subject to hydrolysis) is 1. The quantitative estimate of drug-likeness (QED) is 0.302. The number of benzene rings is 2. The average molecular weight is 552 g/mol. The van der Waals surface area contributed by atoms with Crippen LogP contribution in [-0.4, -0.2) is 52.1 Å². The maximum atomic E-state index is 14.3. The molecule has 0 aliphatic rings.